The smallest absolute Gasteiger partial charge is 0.308 e. The SMILES string of the molecule is CCCCCCCCC(CCCCCC)COP(=O)(CCCN(C(C)C)C(C)C)OCC(CCCCCC)CCCCCCCC. The van der Waals surface area contributed by atoms with Crippen LogP contribution in [0.25, 0.3) is 0 Å². The molecule has 0 rings (SSSR count). The molecule has 0 aliphatic carbocycles. The van der Waals surface area contributed by atoms with Crippen LogP contribution in [0.1, 0.15) is 216 Å². The number of unbranched alkanes of at least 4 members (excludes halogenated alkanes) is 16. The average molecular weight is 672 g/mol. The molecule has 0 aromatic rings. The molecule has 0 fully saturated rings. The van der Waals surface area contributed by atoms with Crippen molar-refractivity contribution >= 4 is 7.60 Å². The highest BCUT2D eigenvalue weighted by atomic mass is 31.2. The summed E-state index contributed by atoms with van der Waals surface area (Å²) in [4.78, 5) is 2.51. The fourth-order valence-corrected chi connectivity index (χ4v) is 8.67. The zero-order valence-electron chi connectivity index (χ0n) is 32.9. The summed E-state index contributed by atoms with van der Waals surface area (Å²) in [7, 11) is -3.17. The van der Waals surface area contributed by atoms with Crippen LogP contribution < -0.4 is 0 Å². The van der Waals surface area contributed by atoms with Crippen LogP contribution in [0.4, 0.5) is 0 Å². The quantitative estimate of drug-likeness (QED) is 0.0491. The van der Waals surface area contributed by atoms with Gasteiger partial charge in [0.15, 0.2) is 0 Å². The lowest BCUT2D eigenvalue weighted by Gasteiger charge is -2.31. The van der Waals surface area contributed by atoms with Crippen molar-refractivity contribution in [3.05, 3.63) is 0 Å². The first-order valence-corrected chi connectivity index (χ1v) is 22.6. The molecule has 2 atom stereocenters. The van der Waals surface area contributed by atoms with Gasteiger partial charge in [-0.3, -0.25) is 9.46 Å². The van der Waals surface area contributed by atoms with Gasteiger partial charge in [0.05, 0.1) is 19.4 Å². The second-order valence-electron chi connectivity index (χ2n) is 15.2. The summed E-state index contributed by atoms with van der Waals surface area (Å²) in [5.74, 6) is 0.992. The van der Waals surface area contributed by atoms with E-state index in [1.165, 1.54) is 154 Å². The van der Waals surface area contributed by atoms with Gasteiger partial charge in [0.25, 0.3) is 0 Å². The van der Waals surface area contributed by atoms with E-state index in [1.54, 1.807) is 0 Å². The van der Waals surface area contributed by atoms with Gasteiger partial charge in [-0.1, -0.05) is 156 Å². The van der Waals surface area contributed by atoms with Crippen LogP contribution in [0.2, 0.25) is 0 Å². The van der Waals surface area contributed by atoms with Gasteiger partial charge in [-0.05, 0) is 78.2 Å². The molecule has 0 saturated heterocycles. The number of rotatable bonds is 36. The van der Waals surface area contributed by atoms with Gasteiger partial charge < -0.3 is 9.05 Å². The largest absolute Gasteiger partial charge is 0.330 e. The highest BCUT2D eigenvalue weighted by Crippen LogP contribution is 2.50. The molecular weight excluding hydrogens is 585 g/mol. The molecule has 0 aromatic carbocycles. The average Bonchev–Trinajstić information content (AvgIpc) is 3.03. The molecule has 0 N–H and O–H groups in total. The molecule has 2 unspecified atom stereocenters. The summed E-state index contributed by atoms with van der Waals surface area (Å²) in [5, 5.41) is 0. The van der Waals surface area contributed by atoms with Crippen molar-refractivity contribution in [2.24, 2.45) is 11.8 Å². The maximum Gasteiger partial charge on any atom is 0.330 e. The van der Waals surface area contributed by atoms with Crippen molar-refractivity contribution in [3.63, 3.8) is 0 Å². The van der Waals surface area contributed by atoms with E-state index >= 15 is 0 Å². The molecular formula is C41H86NO3P. The molecule has 0 aliphatic heterocycles. The Morgan fingerprint density at radius 2 is 0.761 bits per heavy atom. The molecule has 0 bridgehead atoms. The lowest BCUT2D eigenvalue weighted by atomic mass is 9.95. The highest BCUT2D eigenvalue weighted by molar-refractivity contribution is 7.53. The molecule has 5 heteroatoms. The lowest BCUT2D eigenvalue weighted by molar-refractivity contribution is 0.142. The molecule has 0 saturated carbocycles. The molecule has 0 radical (unpaired) electrons. The fraction of sp³-hybridized carbons (Fsp3) is 1.00. The zero-order chi connectivity index (χ0) is 34.3. The highest BCUT2D eigenvalue weighted by Gasteiger charge is 2.28. The maximum absolute atomic E-state index is 14.5. The van der Waals surface area contributed by atoms with E-state index in [0.717, 1.165) is 13.0 Å². The van der Waals surface area contributed by atoms with Gasteiger partial charge in [0.1, 0.15) is 0 Å². The monoisotopic (exact) mass is 672 g/mol. The van der Waals surface area contributed by atoms with Crippen molar-refractivity contribution in [2.75, 3.05) is 25.9 Å². The molecule has 0 heterocycles. The van der Waals surface area contributed by atoms with Crippen molar-refractivity contribution in [1.29, 1.82) is 0 Å². The van der Waals surface area contributed by atoms with E-state index < -0.39 is 7.60 Å². The van der Waals surface area contributed by atoms with Crippen LogP contribution in [0.5, 0.6) is 0 Å². The maximum atomic E-state index is 14.5. The third-order valence-corrected chi connectivity index (χ3v) is 12.0. The Labute approximate surface area is 291 Å². The molecule has 278 valence electrons. The number of hydrogen-bond donors (Lipinski definition) is 0. The topological polar surface area (TPSA) is 38.8 Å². The van der Waals surface area contributed by atoms with E-state index in [-0.39, 0.29) is 0 Å². The predicted octanol–water partition coefficient (Wildman–Crippen LogP) is 14.4. The zero-order valence-corrected chi connectivity index (χ0v) is 33.8. The Bertz CT molecular complexity index is 622. The molecule has 4 nitrogen and oxygen atoms in total. The second-order valence-corrected chi connectivity index (χ2v) is 17.4. The molecule has 0 aliphatic rings. The van der Waals surface area contributed by atoms with Crippen LogP contribution in [-0.2, 0) is 13.6 Å². The third-order valence-electron chi connectivity index (χ3n) is 10.1. The van der Waals surface area contributed by atoms with E-state index in [9.17, 15) is 4.57 Å². The van der Waals surface area contributed by atoms with E-state index in [0.29, 0.717) is 43.3 Å². The normalized spacial score (nSPS) is 14.8. The Kier molecular flexibility index (Phi) is 32.4. The summed E-state index contributed by atoms with van der Waals surface area (Å²) in [6, 6.07) is 0.965. The molecule has 0 aromatic heterocycles. The first kappa shape index (κ1) is 46.1. The third kappa shape index (κ3) is 27.0. The van der Waals surface area contributed by atoms with Crippen molar-refractivity contribution in [3.8, 4) is 0 Å². The minimum Gasteiger partial charge on any atom is -0.308 e. The van der Waals surface area contributed by atoms with Crippen LogP contribution in [-0.4, -0.2) is 42.9 Å². The van der Waals surface area contributed by atoms with E-state index in [2.05, 4.69) is 60.3 Å². The van der Waals surface area contributed by atoms with Crippen molar-refractivity contribution < 1.29 is 13.6 Å². The first-order chi connectivity index (χ1) is 22.2. The van der Waals surface area contributed by atoms with E-state index in [1.807, 2.05) is 0 Å². The molecule has 46 heavy (non-hydrogen) atoms. The number of nitrogens with zero attached hydrogens (tertiary/aromatic N) is 1. The van der Waals surface area contributed by atoms with Crippen LogP contribution in [0.3, 0.4) is 0 Å². The summed E-state index contributed by atoms with van der Waals surface area (Å²) in [6.07, 6.45) is 32.4. The van der Waals surface area contributed by atoms with E-state index in [4.69, 9.17) is 9.05 Å². The van der Waals surface area contributed by atoms with Crippen LogP contribution in [0, 0.1) is 11.8 Å². The van der Waals surface area contributed by atoms with Crippen molar-refractivity contribution in [2.45, 2.75) is 228 Å². The number of hydrogen-bond acceptors (Lipinski definition) is 4. The first-order valence-electron chi connectivity index (χ1n) is 20.9. The van der Waals surface area contributed by atoms with Crippen LogP contribution in [0.15, 0.2) is 0 Å². The van der Waals surface area contributed by atoms with Crippen LogP contribution >= 0.6 is 7.60 Å². The second kappa shape index (κ2) is 32.3. The summed E-state index contributed by atoms with van der Waals surface area (Å²) >= 11 is 0. The summed E-state index contributed by atoms with van der Waals surface area (Å²) in [5.41, 5.74) is 0. The minimum absolute atomic E-state index is 0.482. The Morgan fingerprint density at radius 1 is 0.457 bits per heavy atom. The van der Waals surface area contributed by atoms with Gasteiger partial charge >= 0.3 is 7.60 Å². The molecule has 0 amide bonds. The van der Waals surface area contributed by atoms with Gasteiger partial charge in [0.2, 0.25) is 0 Å². The van der Waals surface area contributed by atoms with Gasteiger partial charge in [-0.2, -0.15) is 0 Å². The fourth-order valence-electron chi connectivity index (χ4n) is 6.93. The molecule has 0 spiro atoms. The Hall–Kier alpha value is 0.110. The standard InChI is InChI=1S/C41H86NO3P/c1-9-13-17-21-23-27-32-40(30-25-19-15-11-3)36-44-46(43,35-29-34-42(38(5)6)39(7)8)45-37-41(31-26-20-16-12-4)33-28-24-22-18-14-10-2/h38-41H,9-37H2,1-8H3. The predicted molar refractivity (Wildman–Crippen MR) is 206 cm³/mol. The summed E-state index contributed by atoms with van der Waals surface area (Å²) in [6.45, 7) is 20.4. The van der Waals surface area contributed by atoms with Gasteiger partial charge in [-0.25, -0.2) is 0 Å². The van der Waals surface area contributed by atoms with Gasteiger partial charge in [-0.15, -0.1) is 0 Å². The Balaban J connectivity index is 5.48. The Morgan fingerprint density at radius 3 is 1.09 bits per heavy atom. The summed E-state index contributed by atoms with van der Waals surface area (Å²) < 4.78 is 27.6. The van der Waals surface area contributed by atoms with Gasteiger partial charge in [0, 0.05) is 12.1 Å². The van der Waals surface area contributed by atoms with Crippen molar-refractivity contribution in [1.82, 2.24) is 4.90 Å². The lowest BCUT2D eigenvalue weighted by Crippen LogP contribution is -2.38. The minimum atomic E-state index is -3.17.